The fourth-order valence-corrected chi connectivity index (χ4v) is 5.17. The van der Waals surface area contributed by atoms with E-state index >= 15 is 0 Å². The first-order valence-electron chi connectivity index (χ1n) is 7.24. The second-order valence-electron chi connectivity index (χ2n) is 6.69. The number of likely N-dealkylation sites (N-methyl/N-ethyl adjacent to an activating group) is 1. The van der Waals surface area contributed by atoms with Gasteiger partial charge in [-0.05, 0) is 31.2 Å². The molecule has 0 aromatic carbocycles. The molecule has 2 aliphatic rings. The van der Waals surface area contributed by atoms with E-state index < -0.39 is 10.2 Å². The van der Waals surface area contributed by atoms with E-state index in [4.69, 9.17) is 0 Å². The van der Waals surface area contributed by atoms with Crippen molar-refractivity contribution in [1.29, 1.82) is 0 Å². The minimum absolute atomic E-state index is 0.0440. The zero-order chi connectivity index (χ0) is 14.2. The van der Waals surface area contributed by atoms with Gasteiger partial charge in [-0.2, -0.15) is 17.4 Å². The van der Waals surface area contributed by atoms with Crippen molar-refractivity contribution in [1.82, 2.24) is 13.9 Å². The molecule has 2 aliphatic heterocycles. The second kappa shape index (κ2) is 5.68. The smallest absolute Gasteiger partial charge is 0.279 e. The van der Waals surface area contributed by atoms with Crippen LogP contribution in [0.5, 0.6) is 0 Å². The molecule has 0 unspecified atom stereocenters. The quantitative estimate of drug-likeness (QED) is 0.834. The topological polar surface area (TPSA) is 52.7 Å². The SMILES string of the molecule is C[C@@H]1C[C@H](C)CN(S(=O)(=O)N[C@@H]2CN(C)C[C@H]2C)C1. The van der Waals surface area contributed by atoms with Crippen molar-refractivity contribution in [2.75, 3.05) is 33.2 Å². The Bertz CT molecular complexity index is 402. The summed E-state index contributed by atoms with van der Waals surface area (Å²) in [7, 11) is -1.29. The summed E-state index contributed by atoms with van der Waals surface area (Å²) >= 11 is 0. The molecular formula is C13H27N3O2S. The molecule has 1 N–H and O–H groups in total. The molecule has 4 atom stereocenters. The lowest BCUT2D eigenvalue weighted by molar-refractivity contribution is 0.219. The van der Waals surface area contributed by atoms with Crippen molar-refractivity contribution in [3.63, 3.8) is 0 Å². The molecule has 0 amide bonds. The molecule has 0 radical (unpaired) electrons. The van der Waals surface area contributed by atoms with Gasteiger partial charge in [0.05, 0.1) is 0 Å². The maximum atomic E-state index is 12.5. The number of piperidine rings is 1. The first-order valence-corrected chi connectivity index (χ1v) is 8.68. The molecule has 0 aromatic heterocycles. The van der Waals surface area contributed by atoms with Crippen molar-refractivity contribution in [2.24, 2.45) is 17.8 Å². The number of hydrogen-bond acceptors (Lipinski definition) is 3. The Hall–Kier alpha value is -0.170. The average molecular weight is 289 g/mol. The van der Waals surface area contributed by atoms with Crippen LogP contribution in [0.1, 0.15) is 27.2 Å². The van der Waals surface area contributed by atoms with Gasteiger partial charge in [0.15, 0.2) is 0 Å². The van der Waals surface area contributed by atoms with Gasteiger partial charge < -0.3 is 4.90 Å². The monoisotopic (exact) mass is 289 g/mol. The van der Waals surface area contributed by atoms with E-state index in [0.29, 0.717) is 30.8 Å². The van der Waals surface area contributed by atoms with Gasteiger partial charge in [0.1, 0.15) is 0 Å². The molecule has 0 aliphatic carbocycles. The fourth-order valence-electron chi connectivity index (χ4n) is 3.43. The third kappa shape index (κ3) is 3.68. The number of nitrogens with zero attached hydrogens (tertiary/aromatic N) is 2. The highest BCUT2D eigenvalue weighted by molar-refractivity contribution is 7.87. The van der Waals surface area contributed by atoms with Crippen molar-refractivity contribution in [2.45, 2.75) is 33.2 Å². The third-order valence-electron chi connectivity index (χ3n) is 4.27. The Balaban J connectivity index is 2.02. The minimum atomic E-state index is -3.33. The van der Waals surface area contributed by atoms with Gasteiger partial charge >= 0.3 is 0 Å². The maximum Gasteiger partial charge on any atom is 0.279 e. The predicted molar refractivity (Wildman–Crippen MR) is 77.0 cm³/mol. The summed E-state index contributed by atoms with van der Waals surface area (Å²) in [6.45, 7) is 9.43. The molecule has 0 saturated carbocycles. The molecule has 2 saturated heterocycles. The summed E-state index contributed by atoms with van der Waals surface area (Å²) in [5.74, 6) is 1.27. The molecule has 5 nitrogen and oxygen atoms in total. The number of nitrogens with one attached hydrogen (secondary N) is 1. The highest BCUT2D eigenvalue weighted by atomic mass is 32.2. The molecule has 6 heteroatoms. The van der Waals surface area contributed by atoms with Gasteiger partial charge in [-0.3, -0.25) is 0 Å². The summed E-state index contributed by atoms with van der Waals surface area (Å²) < 4.78 is 29.5. The van der Waals surface area contributed by atoms with E-state index in [1.54, 1.807) is 4.31 Å². The van der Waals surface area contributed by atoms with E-state index in [9.17, 15) is 8.42 Å². The molecule has 0 spiro atoms. The fraction of sp³-hybridized carbons (Fsp3) is 1.00. The van der Waals surface area contributed by atoms with Crippen molar-refractivity contribution in [3.8, 4) is 0 Å². The van der Waals surface area contributed by atoms with Gasteiger partial charge in [0, 0.05) is 32.2 Å². The van der Waals surface area contributed by atoms with Gasteiger partial charge in [0.2, 0.25) is 0 Å². The largest absolute Gasteiger partial charge is 0.304 e. The number of hydrogen-bond donors (Lipinski definition) is 1. The lowest BCUT2D eigenvalue weighted by Gasteiger charge is -2.35. The van der Waals surface area contributed by atoms with Gasteiger partial charge in [-0.25, -0.2) is 0 Å². The van der Waals surface area contributed by atoms with Crippen LogP contribution >= 0.6 is 0 Å². The molecular weight excluding hydrogens is 262 g/mol. The van der Waals surface area contributed by atoms with Crippen molar-refractivity contribution < 1.29 is 8.42 Å². The zero-order valence-corrected chi connectivity index (χ0v) is 13.3. The summed E-state index contributed by atoms with van der Waals surface area (Å²) in [5, 5.41) is 0. The molecule has 2 fully saturated rings. The third-order valence-corrected chi connectivity index (χ3v) is 5.85. The van der Waals surface area contributed by atoms with Gasteiger partial charge in [-0.1, -0.05) is 20.8 Å². The molecule has 19 heavy (non-hydrogen) atoms. The second-order valence-corrected chi connectivity index (χ2v) is 8.39. The Labute approximate surface area is 117 Å². The molecule has 0 bridgehead atoms. The van der Waals surface area contributed by atoms with Crippen LogP contribution in [-0.4, -0.2) is 56.9 Å². The Morgan fingerprint density at radius 1 is 1.00 bits per heavy atom. The van der Waals surface area contributed by atoms with Crippen molar-refractivity contribution in [3.05, 3.63) is 0 Å². The van der Waals surface area contributed by atoms with E-state index in [1.807, 2.05) is 7.05 Å². The van der Waals surface area contributed by atoms with E-state index in [1.165, 1.54) is 0 Å². The Morgan fingerprint density at radius 2 is 1.58 bits per heavy atom. The van der Waals surface area contributed by atoms with Crippen LogP contribution < -0.4 is 4.72 Å². The van der Waals surface area contributed by atoms with Crippen LogP contribution in [0.15, 0.2) is 0 Å². The Kier molecular flexibility index (Phi) is 4.55. The summed E-state index contributed by atoms with van der Waals surface area (Å²) in [5.41, 5.74) is 0. The minimum Gasteiger partial charge on any atom is -0.304 e. The standard InChI is InChI=1S/C13H27N3O2S/c1-10-5-11(2)7-16(6-10)19(17,18)14-13-9-15(4)8-12(13)3/h10-14H,5-9H2,1-4H3/t10-,11+,12-,13-/m1/s1. The number of likely N-dealkylation sites (tertiary alicyclic amines) is 1. The normalized spacial score (nSPS) is 38.7. The zero-order valence-electron chi connectivity index (χ0n) is 12.5. The van der Waals surface area contributed by atoms with Crippen LogP contribution in [0.25, 0.3) is 0 Å². The first-order chi connectivity index (χ1) is 8.78. The van der Waals surface area contributed by atoms with Crippen LogP contribution in [0.2, 0.25) is 0 Å². The van der Waals surface area contributed by atoms with Crippen LogP contribution in [0.3, 0.4) is 0 Å². The van der Waals surface area contributed by atoms with Gasteiger partial charge in [0.25, 0.3) is 10.2 Å². The lowest BCUT2D eigenvalue weighted by Crippen LogP contribution is -2.51. The van der Waals surface area contributed by atoms with Gasteiger partial charge in [-0.15, -0.1) is 0 Å². The average Bonchev–Trinajstić information content (AvgIpc) is 2.55. The highest BCUT2D eigenvalue weighted by Gasteiger charge is 2.35. The van der Waals surface area contributed by atoms with E-state index in [2.05, 4.69) is 30.4 Å². The maximum absolute atomic E-state index is 12.5. The summed E-state index contributed by atoms with van der Waals surface area (Å²) in [6, 6.07) is 0.0440. The molecule has 0 aromatic rings. The lowest BCUT2D eigenvalue weighted by atomic mass is 9.94. The molecule has 2 rings (SSSR count). The van der Waals surface area contributed by atoms with E-state index in [-0.39, 0.29) is 6.04 Å². The highest BCUT2D eigenvalue weighted by Crippen LogP contribution is 2.24. The van der Waals surface area contributed by atoms with E-state index in [0.717, 1.165) is 19.5 Å². The van der Waals surface area contributed by atoms with Crippen molar-refractivity contribution >= 4 is 10.2 Å². The summed E-state index contributed by atoms with van der Waals surface area (Å²) in [4.78, 5) is 2.18. The Morgan fingerprint density at radius 3 is 2.05 bits per heavy atom. The predicted octanol–water partition coefficient (Wildman–Crippen LogP) is 0.749. The summed E-state index contributed by atoms with van der Waals surface area (Å²) in [6.07, 6.45) is 1.12. The first kappa shape index (κ1) is 15.2. The van der Waals surface area contributed by atoms with Crippen LogP contribution in [-0.2, 0) is 10.2 Å². The number of rotatable bonds is 3. The van der Waals surface area contributed by atoms with Crippen LogP contribution in [0.4, 0.5) is 0 Å². The van der Waals surface area contributed by atoms with Crippen LogP contribution in [0, 0.1) is 17.8 Å². The molecule has 2 heterocycles. The molecule has 112 valence electrons.